The van der Waals surface area contributed by atoms with E-state index in [0.717, 1.165) is 16.3 Å². The van der Waals surface area contributed by atoms with E-state index < -0.39 is 5.66 Å². The molecule has 0 atom stereocenters. The molecule has 0 amide bonds. The van der Waals surface area contributed by atoms with Gasteiger partial charge >= 0.3 is 0 Å². The molecular formula is C34H34N2O8S. The Morgan fingerprint density at radius 2 is 1.47 bits per heavy atom. The Balaban J connectivity index is 1.39. The van der Waals surface area contributed by atoms with E-state index >= 15 is 0 Å². The van der Waals surface area contributed by atoms with Crippen LogP contribution < -0.4 is 44.5 Å². The number of anilines is 2. The standard InChI is InChI=1S/C34H34N2O8S/c1-38-21-18-24(39-2)29-25(19-21)44-31(20-16-26(40-3)32(42-5)27(17-20)41-4)33(30(29)37)43-14-9-13-34(28-12-8-15-45-28)35-22-10-6-7-11-23(22)36-34/h6-8,10-12,15-19,35-36H,9,13-14H2,1-5H3. The molecule has 234 valence electrons. The topological polar surface area (TPSA) is 110 Å². The molecule has 11 heteroatoms. The fraction of sp³-hybridized carbons (Fsp3) is 0.265. The van der Waals surface area contributed by atoms with Crippen LogP contribution in [0.15, 0.2) is 75.3 Å². The molecular weight excluding hydrogens is 596 g/mol. The van der Waals surface area contributed by atoms with E-state index in [-0.39, 0.29) is 34.5 Å². The molecule has 0 bridgehead atoms. The summed E-state index contributed by atoms with van der Waals surface area (Å²) in [4.78, 5) is 15.3. The zero-order valence-electron chi connectivity index (χ0n) is 25.6. The van der Waals surface area contributed by atoms with Crippen LogP contribution in [0.25, 0.3) is 22.3 Å². The quantitative estimate of drug-likeness (QED) is 0.138. The highest BCUT2D eigenvalue weighted by molar-refractivity contribution is 7.10. The number of hydrogen-bond donors (Lipinski definition) is 2. The highest BCUT2D eigenvalue weighted by Crippen LogP contribution is 2.45. The van der Waals surface area contributed by atoms with Gasteiger partial charge in [-0.05, 0) is 48.6 Å². The van der Waals surface area contributed by atoms with Crippen LogP contribution in [0, 0.1) is 0 Å². The molecule has 0 radical (unpaired) electrons. The molecule has 0 spiro atoms. The van der Waals surface area contributed by atoms with E-state index in [1.54, 1.807) is 35.6 Å². The first-order chi connectivity index (χ1) is 21.9. The van der Waals surface area contributed by atoms with E-state index in [0.29, 0.717) is 47.2 Å². The number of thiophene rings is 1. The Morgan fingerprint density at radius 3 is 2.04 bits per heavy atom. The Hall–Kier alpha value is -5.03. The van der Waals surface area contributed by atoms with E-state index in [2.05, 4.69) is 34.2 Å². The van der Waals surface area contributed by atoms with Crippen LogP contribution in [0.4, 0.5) is 11.4 Å². The van der Waals surface area contributed by atoms with Gasteiger partial charge in [0.1, 0.15) is 28.1 Å². The molecule has 2 N–H and O–H groups in total. The predicted octanol–water partition coefficient (Wildman–Crippen LogP) is 7.11. The summed E-state index contributed by atoms with van der Waals surface area (Å²) in [5.41, 5.74) is 1.97. The lowest BCUT2D eigenvalue weighted by Gasteiger charge is -2.30. The zero-order chi connectivity index (χ0) is 31.6. The minimum Gasteiger partial charge on any atom is -0.496 e. The van der Waals surface area contributed by atoms with Gasteiger partial charge in [0.15, 0.2) is 17.3 Å². The maximum Gasteiger partial charge on any atom is 0.239 e. The summed E-state index contributed by atoms with van der Waals surface area (Å²) < 4.78 is 40.4. The van der Waals surface area contributed by atoms with Gasteiger partial charge in [0.2, 0.25) is 16.9 Å². The molecule has 10 nitrogen and oxygen atoms in total. The molecule has 0 saturated heterocycles. The van der Waals surface area contributed by atoms with Crippen molar-refractivity contribution in [2.75, 3.05) is 52.8 Å². The number of methoxy groups -OCH3 is 5. The summed E-state index contributed by atoms with van der Waals surface area (Å²) in [5, 5.41) is 9.67. The Kier molecular flexibility index (Phi) is 8.36. The predicted molar refractivity (Wildman–Crippen MR) is 175 cm³/mol. The zero-order valence-corrected chi connectivity index (χ0v) is 26.5. The summed E-state index contributed by atoms with van der Waals surface area (Å²) in [6, 6.07) is 19.0. The third-order valence-electron chi connectivity index (χ3n) is 7.78. The third kappa shape index (κ3) is 5.44. The lowest BCUT2D eigenvalue weighted by molar-refractivity contribution is 0.287. The van der Waals surface area contributed by atoms with Crippen LogP contribution in [0.1, 0.15) is 17.7 Å². The summed E-state index contributed by atoms with van der Waals surface area (Å²) in [6.07, 6.45) is 1.29. The van der Waals surface area contributed by atoms with Gasteiger partial charge in [-0.3, -0.25) is 4.79 Å². The van der Waals surface area contributed by atoms with Crippen LogP contribution >= 0.6 is 11.3 Å². The first kappa shape index (κ1) is 30.0. The highest BCUT2D eigenvalue weighted by atomic mass is 32.1. The first-order valence-corrected chi connectivity index (χ1v) is 15.2. The fourth-order valence-electron chi connectivity index (χ4n) is 5.65. The summed E-state index contributed by atoms with van der Waals surface area (Å²) in [5.74, 6) is 2.26. The Morgan fingerprint density at radius 1 is 0.778 bits per heavy atom. The van der Waals surface area contributed by atoms with Gasteiger partial charge in [0, 0.05) is 17.7 Å². The van der Waals surface area contributed by atoms with Crippen molar-refractivity contribution in [3.8, 4) is 45.8 Å². The van der Waals surface area contributed by atoms with Gasteiger partial charge in [0.25, 0.3) is 0 Å². The lowest BCUT2D eigenvalue weighted by atomic mass is 10.0. The van der Waals surface area contributed by atoms with Gasteiger partial charge < -0.3 is 43.5 Å². The van der Waals surface area contributed by atoms with Crippen molar-refractivity contribution in [1.82, 2.24) is 0 Å². The van der Waals surface area contributed by atoms with Gasteiger partial charge in [-0.25, -0.2) is 0 Å². The SMILES string of the molecule is COc1cc(OC)c2c(=O)c(OCCCC3(c4cccs4)Nc4ccccc4N3)c(-c3cc(OC)c(OC)c(OC)c3)oc2c1. The molecule has 0 saturated carbocycles. The average Bonchev–Trinajstić information content (AvgIpc) is 3.75. The summed E-state index contributed by atoms with van der Waals surface area (Å²) in [7, 11) is 7.60. The van der Waals surface area contributed by atoms with Gasteiger partial charge in [0.05, 0.1) is 58.4 Å². The number of rotatable bonds is 12. The molecule has 0 aliphatic carbocycles. The normalized spacial score (nSPS) is 13.0. The monoisotopic (exact) mass is 630 g/mol. The Labute approximate surface area is 264 Å². The minimum atomic E-state index is -0.505. The number of para-hydroxylation sites is 2. The van der Waals surface area contributed by atoms with Crippen LogP contribution in [0.2, 0.25) is 0 Å². The van der Waals surface area contributed by atoms with Crippen molar-refractivity contribution in [3.05, 3.63) is 81.1 Å². The molecule has 2 aromatic heterocycles. The maximum absolute atomic E-state index is 14.2. The molecule has 1 aliphatic rings. The van der Waals surface area contributed by atoms with Crippen molar-refractivity contribution in [2.45, 2.75) is 18.5 Å². The van der Waals surface area contributed by atoms with E-state index in [9.17, 15) is 4.79 Å². The Bertz CT molecular complexity index is 1840. The number of hydrogen-bond acceptors (Lipinski definition) is 11. The van der Waals surface area contributed by atoms with Crippen molar-refractivity contribution < 1.29 is 32.8 Å². The molecule has 1 aliphatic heterocycles. The van der Waals surface area contributed by atoms with Crippen LogP contribution in [0.3, 0.4) is 0 Å². The second kappa shape index (κ2) is 12.5. The molecule has 0 unspecified atom stereocenters. The fourth-order valence-corrected chi connectivity index (χ4v) is 6.52. The van der Waals surface area contributed by atoms with Crippen LogP contribution in [-0.2, 0) is 5.66 Å². The smallest absolute Gasteiger partial charge is 0.239 e. The third-order valence-corrected chi connectivity index (χ3v) is 8.81. The molecule has 0 fully saturated rings. The molecule has 3 heterocycles. The van der Waals surface area contributed by atoms with Gasteiger partial charge in [-0.1, -0.05) is 18.2 Å². The number of benzene rings is 3. The molecule has 3 aromatic carbocycles. The molecule has 5 aromatic rings. The van der Waals surface area contributed by atoms with E-state index in [1.165, 1.54) is 35.5 Å². The minimum absolute atomic E-state index is 0.0426. The largest absolute Gasteiger partial charge is 0.496 e. The first-order valence-electron chi connectivity index (χ1n) is 14.3. The maximum atomic E-state index is 14.2. The lowest BCUT2D eigenvalue weighted by Crippen LogP contribution is -2.38. The summed E-state index contributed by atoms with van der Waals surface area (Å²) in [6.45, 7) is 0.235. The second-order valence-corrected chi connectivity index (χ2v) is 11.3. The van der Waals surface area contributed by atoms with Gasteiger partial charge in [-0.2, -0.15) is 0 Å². The van der Waals surface area contributed by atoms with E-state index in [1.807, 2.05) is 18.2 Å². The number of ether oxygens (including phenoxy) is 6. The molecule has 6 rings (SSSR count). The average molecular weight is 631 g/mol. The number of fused-ring (bicyclic) bond motifs is 2. The van der Waals surface area contributed by atoms with Crippen LogP contribution in [0.5, 0.6) is 34.5 Å². The van der Waals surface area contributed by atoms with Crippen molar-refractivity contribution >= 4 is 33.7 Å². The van der Waals surface area contributed by atoms with Gasteiger partial charge in [-0.15, -0.1) is 11.3 Å². The van der Waals surface area contributed by atoms with Crippen molar-refractivity contribution in [2.24, 2.45) is 0 Å². The van der Waals surface area contributed by atoms with Crippen LogP contribution in [-0.4, -0.2) is 42.2 Å². The van der Waals surface area contributed by atoms with Crippen molar-refractivity contribution in [3.63, 3.8) is 0 Å². The number of nitrogens with one attached hydrogen (secondary N) is 2. The highest BCUT2D eigenvalue weighted by Gasteiger charge is 2.38. The summed E-state index contributed by atoms with van der Waals surface area (Å²) >= 11 is 1.68. The van der Waals surface area contributed by atoms with Crippen molar-refractivity contribution in [1.29, 1.82) is 0 Å². The second-order valence-electron chi connectivity index (χ2n) is 10.3. The van der Waals surface area contributed by atoms with E-state index in [4.69, 9.17) is 32.8 Å². The molecule has 45 heavy (non-hydrogen) atoms.